The third-order valence-corrected chi connectivity index (χ3v) is 8.18. The maximum Gasteiger partial charge on any atom is 0.175 e. The molecule has 2 aliphatic rings. The minimum absolute atomic E-state index is 0.0593. The first-order valence-electron chi connectivity index (χ1n) is 11.5. The van der Waals surface area contributed by atoms with Crippen LogP contribution in [0.3, 0.4) is 0 Å². The third-order valence-electron chi connectivity index (χ3n) is 7.00. The molecule has 0 unspecified atom stereocenters. The lowest BCUT2D eigenvalue weighted by Gasteiger charge is -2.39. The summed E-state index contributed by atoms with van der Waals surface area (Å²) in [7, 11) is -3.64. The van der Waals surface area contributed by atoms with Crippen molar-refractivity contribution in [2.45, 2.75) is 36.5 Å². The fourth-order valence-electron chi connectivity index (χ4n) is 5.08. The summed E-state index contributed by atoms with van der Waals surface area (Å²) in [4.78, 5) is 6.54. The largest absolute Gasteiger partial charge is 0.410 e. The van der Waals surface area contributed by atoms with Gasteiger partial charge in [0.25, 0.3) is 0 Å². The predicted octanol–water partition coefficient (Wildman–Crippen LogP) is 4.01. The number of hydrogen-bond acceptors (Lipinski definition) is 7. The molecule has 10 heteroatoms. The van der Waals surface area contributed by atoms with Crippen LogP contribution in [-0.4, -0.2) is 48.6 Å². The number of sulfone groups is 1. The summed E-state index contributed by atoms with van der Waals surface area (Å²) in [5.74, 6) is -2.13. The molecule has 1 N–H and O–H groups in total. The van der Waals surface area contributed by atoms with Gasteiger partial charge in [-0.25, -0.2) is 17.2 Å². The summed E-state index contributed by atoms with van der Waals surface area (Å²) in [5.41, 5.74) is 2.89. The molecule has 0 bridgehead atoms. The molecule has 3 aromatic rings. The molecule has 0 aliphatic carbocycles. The van der Waals surface area contributed by atoms with E-state index in [1.807, 2.05) is 12.3 Å². The molecule has 2 aliphatic heterocycles. The molecule has 1 spiro atoms. The molecule has 188 valence electrons. The summed E-state index contributed by atoms with van der Waals surface area (Å²) < 4.78 is 58.7. The number of piperidine rings is 1. The van der Waals surface area contributed by atoms with E-state index in [4.69, 9.17) is 4.74 Å². The van der Waals surface area contributed by atoms with E-state index < -0.39 is 21.5 Å². The maximum atomic E-state index is 13.8. The van der Waals surface area contributed by atoms with Gasteiger partial charge in [-0.15, -0.1) is 0 Å². The van der Waals surface area contributed by atoms with Crippen LogP contribution in [0, 0.1) is 11.6 Å². The average molecular weight is 514 g/mol. The van der Waals surface area contributed by atoms with E-state index >= 15 is 0 Å². The fourth-order valence-corrected chi connectivity index (χ4v) is 6.03. The summed E-state index contributed by atoms with van der Waals surface area (Å²) >= 11 is 0. The first-order chi connectivity index (χ1) is 17.2. The van der Waals surface area contributed by atoms with Crippen molar-refractivity contribution in [3.05, 3.63) is 94.3 Å². The molecule has 2 aromatic carbocycles. The molecular weight excluding hydrogens is 488 g/mol. The van der Waals surface area contributed by atoms with Crippen molar-refractivity contribution in [1.29, 1.82) is 0 Å². The Morgan fingerprint density at radius 3 is 2.53 bits per heavy atom. The molecule has 1 aromatic heterocycles. The molecule has 7 nitrogen and oxygen atoms in total. The first-order valence-corrected chi connectivity index (χ1v) is 13.4. The first kappa shape index (κ1) is 24.5. The smallest absolute Gasteiger partial charge is 0.175 e. The van der Waals surface area contributed by atoms with Crippen LogP contribution in [0.1, 0.15) is 40.7 Å². The Morgan fingerprint density at radius 1 is 1.11 bits per heavy atom. The zero-order valence-electron chi connectivity index (χ0n) is 19.6. The number of rotatable bonds is 5. The zero-order valence-corrected chi connectivity index (χ0v) is 20.4. The standard InChI is InChI=1S/C26H25F2N3O4S/c1-36(33,34)24-13-18(25(30-32)17-4-5-22(27)23(28)12-17)2-3-19(24)15-31-10-7-26(8-11-31)21-14-29-9-6-20(21)16-35-26/h2-6,9,12-14,32H,7-8,10-11,15-16H2,1H3/b30-25+. The van der Waals surface area contributed by atoms with E-state index in [2.05, 4.69) is 15.0 Å². The van der Waals surface area contributed by atoms with E-state index in [9.17, 15) is 22.4 Å². The number of benzene rings is 2. The fraction of sp³-hybridized carbons (Fsp3) is 0.308. The highest BCUT2D eigenvalue weighted by Crippen LogP contribution is 2.43. The van der Waals surface area contributed by atoms with Gasteiger partial charge >= 0.3 is 0 Å². The van der Waals surface area contributed by atoms with Gasteiger partial charge in [-0.1, -0.05) is 17.3 Å². The predicted molar refractivity (Wildman–Crippen MR) is 129 cm³/mol. The highest BCUT2D eigenvalue weighted by molar-refractivity contribution is 7.90. The number of ether oxygens (including phenoxy) is 1. The Bertz CT molecular complexity index is 1450. The Labute approximate surface area is 208 Å². The van der Waals surface area contributed by atoms with Gasteiger partial charge in [0.2, 0.25) is 0 Å². The molecule has 1 saturated heterocycles. The molecule has 36 heavy (non-hydrogen) atoms. The summed E-state index contributed by atoms with van der Waals surface area (Å²) in [6.45, 7) is 2.43. The molecule has 0 amide bonds. The Balaban J connectivity index is 1.38. The van der Waals surface area contributed by atoms with Crippen LogP contribution in [0.5, 0.6) is 0 Å². The van der Waals surface area contributed by atoms with Crippen molar-refractivity contribution in [1.82, 2.24) is 9.88 Å². The lowest BCUT2D eigenvalue weighted by molar-refractivity contribution is -0.0801. The molecule has 1 fully saturated rings. The van der Waals surface area contributed by atoms with Crippen LogP contribution in [0.15, 0.2) is 64.9 Å². The van der Waals surface area contributed by atoms with Crippen molar-refractivity contribution in [2.24, 2.45) is 5.16 Å². The van der Waals surface area contributed by atoms with Gasteiger partial charge < -0.3 is 9.94 Å². The van der Waals surface area contributed by atoms with Gasteiger partial charge in [-0.05, 0) is 54.3 Å². The van der Waals surface area contributed by atoms with Gasteiger partial charge in [0.05, 0.1) is 17.1 Å². The quantitative estimate of drug-likeness (QED) is 0.315. The van der Waals surface area contributed by atoms with Gasteiger partial charge in [0, 0.05) is 55.0 Å². The number of oxime groups is 1. The van der Waals surface area contributed by atoms with Crippen molar-refractivity contribution < 1.29 is 27.1 Å². The lowest BCUT2D eigenvalue weighted by atomic mass is 9.84. The number of aromatic nitrogens is 1. The minimum atomic E-state index is -3.64. The van der Waals surface area contributed by atoms with E-state index in [1.165, 1.54) is 12.1 Å². The second-order valence-corrected chi connectivity index (χ2v) is 11.2. The number of nitrogens with zero attached hydrogens (tertiary/aromatic N) is 3. The summed E-state index contributed by atoms with van der Waals surface area (Å²) in [5, 5.41) is 12.8. The Morgan fingerprint density at radius 2 is 1.83 bits per heavy atom. The second kappa shape index (κ2) is 9.34. The lowest BCUT2D eigenvalue weighted by Crippen LogP contribution is -2.42. The number of halogens is 2. The van der Waals surface area contributed by atoms with E-state index in [1.54, 1.807) is 18.3 Å². The molecule has 5 rings (SSSR count). The van der Waals surface area contributed by atoms with E-state index in [0.29, 0.717) is 18.7 Å². The van der Waals surface area contributed by atoms with Crippen molar-refractivity contribution in [3.8, 4) is 0 Å². The van der Waals surface area contributed by atoms with Crippen molar-refractivity contribution in [3.63, 3.8) is 0 Å². The maximum absolute atomic E-state index is 13.8. The van der Waals surface area contributed by atoms with Crippen LogP contribution < -0.4 is 0 Å². The molecule has 3 heterocycles. The van der Waals surface area contributed by atoms with Crippen molar-refractivity contribution >= 4 is 15.5 Å². The van der Waals surface area contributed by atoms with Crippen LogP contribution in [0.2, 0.25) is 0 Å². The van der Waals surface area contributed by atoms with Crippen LogP contribution in [0.4, 0.5) is 8.78 Å². The number of fused-ring (bicyclic) bond motifs is 2. The summed E-state index contributed by atoms with van der Waals surface area (Å²) in [6.07, 6.45) is 6.31. The summed E-state index contributed by atoms with van der Waals surface area (Å²) in [6, 6.07) is 9.78. The Kier molecular flexibility index (Phi) is 6.36. The molecule has 0 saturated carbocycles. The van der Waals surface area contributed by atoms with Gasteiger partial charge in [-0.2, -0.15) is 0 Å². The van der Waals surface area contributed by atoms with Gasteiger partial charge in [0.1, 0.15) is 5.71 Å². The highest BCUT2D eigenvalue weighted by atomic mass is 32.2. The van der Waals surface area contributed by atoms with Gasteiger partial charge in [-0.3, -0.25) is 9.88 Å². The second-order valence-electron chi connectivity index (χ2n) is 9.26. The topological polar surface area (TPSA) is 92.1 Å². The van der Waals surface area contributed by atoms with Crippen LogP contribution >= 0.6 is 0 Å². The Hall–Kier alpha value is -3.21. The molecular formula is C26H25F2N3O4S. The zero-order chi connectivity index (χ0) is 25.5. The average Bonchev–Trinajstić information content (AvgIpc) is 3.21. The van der Waals surface area contributed by atoms with Crippen LogP contribution in [0.25, 0.3) is 0 Å². The number of pyridine rings is 1. The monoisotopic (exact) mass is 513 g/mol. The highest BCUT2D eigenvalue weighted by Gasteiger charge is 2.42. The minimum Gasteiger partial charge on any atom is -0.410 e. The van der Waals surface area contributed by atoms with Crippen molar-refractivity contribution in [2.75, 3.05) is 19.3 Å². The molecule has 0 radical (unpaired) electrons. The van der Waals surface area contributed by atoms with Gasteiger partial charge in [0.15, 0.2) is 21.5 Å². The number of hydrogen-bond donors (Lipinski definition) is 1. The molecule has 0 atom stereocenters. The van der Waals surface area contributed by atoms with Crippen LogP contribution in [-0.2, 0) is 33.3 Å². The number of likely N-dealkylation sites (tertiary alicyclic amines) is 1. The normalized spacial score (nSPS) is 17.9. The van der Waals surface area contributed by atoms with E-state index in [-0.39, 0.29) is 27.3 Å². The van der Waals surface area contributed by atoms with E-state index in [0.717, 1.165) is 55.4 Å². The third kappa shape index (κ3) is 4.52. The SMILES string of the molecule is CS(=O)(=O)c1cc(/C(=N/O)c2ccc(F)c(F)c2)ccc1CN1CCC2(CC1)OCc1ccncc12.